The first kappa shape index (κ1) is 12.0. The fourth-order valence-electron chi connectivity index (χ4n) is 2.46. The molecule has 1 aromatic rings. The highest BCUT2D eigenvalue weighted by molar-refractivity contribution is 7.12. The molecule has 1 N–H and O–H groups in total. The van der Waals surface area contributed by atoms with Crippen LogP contribution in [-0.2, 0) is 0 Å². The number of anilines is 1. The van der Waals surface area contributed by atoms with Crippen LogP contribution < -0.4 is 4.90 Å². The van der Waals surface area contributed by atoms with Gasteiger partial charge in [0.25, 0.3) is 0 Å². The van der Waals surface area contributed by atoms with Crippen molar-refractivity contribution in [2.45, 2.75) is 12.8 Å². The maximum atomic E-state index is 10.9. The van der Waals surface area contributed by atoms with Crippen molar-refractivity contribution in [1.29, 1.82) is 0 Å². The van der Waals surface area contributed by atoms with Crippen molar-refractivity contribution in [2.75, 3.05) is 37.6 Å². The minimum Gasteiger partial charge on any atom is -0.477 e. The summed E-state index contributed by atoms with van der Waals surface area (Å²) < 4.78 is 0. The third-order valence-corrected chi connectivity index (χ3v) is 4.65. The van der Waals surface area contributed by atoms with Gasteiger partial charge in [0.1, 0.15) is 4.88 Å². The Bertz CT molecular complexity index is 434. The third kappa shape index (κ3) is 2.67. The molecule has 0 atom stereocenters. The van der Waals surface area contributed by atoms with E-state index in [1.54, 1.807) is 6.07 Å². The molecule has 3 rings (SSSR count). The Kier molecular flexibility index (Phi) is 3.26. The van der Waals surface area contributed by atoms with Crippen molar-refractivity contribution in [3.8, 4) is 0 Å². The minimum absolute atomic E-state index is 0.436. The van der Waals surface area contributed by atoms with Gasteiger partial charge in [-0.1, -0.05) is 0 Å². The van der Waals surface area contributed by atoms with Crippen molar-refractivity contribution in [2.24, 2.45) is 5.92 Å². The predicted octanol–water partition coefficient (Wildman–Crippen LogP) is 1.98. The van der Waals surface area contributed by atoms with E-state index in [0.29, 0.717) is 4.88 Å². The van der Waals surface area contributed by atoms with Gasteiger partial charge in [0.2, 0.25) is 0 Å². The normalized spacial score (nSPS) is 21.2. The lowest BCUT2D eigenvalue weighted by Gasteiger charge is -2.35. The molecular formula is C13H18N2O2S. The molecule has 0 unspecified atom stereocenters. The molecule has 0 radical (unpaired) electrons. The summed E-state index contributed by atoms with van der Waals surface area (Å²) in [6.07, 6.45) is 2.82. The van der Waals surface area contributed by atoms with Crippen LogP contribution in [0.3, 0.4) is 0 Å². The smallest absolute Gasteiger partial charge is 0.345 e. The van der Waals surface area contributed by atoms with Crippen molar-refractivity contribution >= 4 is 23.0 Å². The van der Waals surface area contributed by atoms with Crippen LogP contribution in [0.5, 0.6) is 0 Å². The summed E-state index contributed by atoms with van der Waals surface area (Å²) >= 11 is 1.32. The van der Waals surface area contributed by atoms with E-state index < -0.39 is 5.97 Å². The second-order valence-electron chi connectivity index (χ2n) is 5.21. The van der Waals surface area contributed by atoms with E-state index in [-0.39, 0.29) is 0 Å². The molecule has 0 spiro atoms. The Morgan fingerprint density at radius 1 is 1.33 bits per heavy atom. The van der Waals surface area contributed by atoms with Crippen LogP contribution in [-0.4, -0.2) is 48.7 Å². The summed E-state index contributed by atoms with van der Waals surface area (Å²) in [6, 6.07) is 1.80. The summed E-state index contributed by atoms with van der Waals surface area (Å²) in [7, 11) is 0. The van der Waals surface area contributed by atoms with E-state index in [1.807, 2.05) is 5.38 Å². The number of aromatic carboxylic acids is 1. The molecule has 1 aliphatic heterocycles. The van der Waals surface area contributed by atoms with E-state index in [9.17, 15) is 4.79 Å². The summed E-state index contributed by atoms with van der Waals surface area (Å²) in [5, 5.41) is 10.9. The molecule has 2 aliphatic rings. The van der Waals surface area contributed by atoms with Gasteiger partial charge in [-0.05, 0) is 24.8 Å². The van der Waals surface area contributed by atoms with Gasteiger partial charge in [0.05, 0.1) is 0 Å². The molecule has 1 saturated heterocycles. The molecule has 1 aliphatic carbocycles. The molecule has 2 fully saturated rings. The van der Waals surface area contributed by atoms with Gasteiger partial charge in [-0.3, -0.25) is 4.90 Å². The van der Waals surface area contributed by atoms with Gasteiger partial charge in [-0.25, -0.2) is 4.79 Å². The number of carbonyl (C=O) groups is 1. The molecule has 2 heterocycles. The molecule has 18 heavy (non-hydrogen) atoms. The maximum Gasteiger partial charge on any atom is 0.345 e. The van der Waals surface area contributed by atoms with Crippen LogP contribution in [0.25, 0.3) is 0 Å². The van der Waals surface area contributed by atoms with Crippen molar-refractivity contribution in [3.05, 3.63) is 16.3 Å². The van der Waals surface area contributed by atoms with Crippen LogP contribution in [0.4, 0.5) is 5.69 Å². The van der Waals surface area contributed by atoms with Gasteiger partial charge in [0.15, 0.2) is 0 Å². The highest BCUT2D eigenvalue weighted by Crippen LogP contribution is 2.30. The fraction of sp³-hybridized carbons (Fsp3) is 0.615. The zero-order valence-electron chi connectivity index (χ0n) is 10.3. The first-order valence-electron chi connectivity index (χ1n) is 6.51. The van der Waals surface area contributed by atoms with E-state index in [2.05, 4.69) is 9.80 Å². The zero-order valence-corrected chi connectivity index (χ0v) is 11.2. The SMILES string of the molecule is O=C(O)c1cc(N2CCN(CC3CC3)CC2)cs1. The standard InChI is InChI=1S/C13H18N2O2S/c16-13(17)12-7-11(9-18-12)15-5-3-14(4-6-15)8-10-1-2-10/h7,9-10H,1-6,8H2,(H,16,17). The molecule has 0 amide bonds. The first-order valence-corrected chi connectivity index (χ1v) is 7.39. The van der Waals surface area contributed by atoms with E-state index >= 15 is 0 Å². The first-order chi connectivity index (χ1) is 8.72. The summed E-state index contributed by atoms with van der Waals surface area (Å²) in [5.74, 6) is 0.134. The quantitative estimate of drug-likeness (QED) is 0.905. The van der Waals surface area contributed by atoms with Crippen LogP contribution in [0.15, 0.2) is 11.4 Å². The zero-order chi connectivity index (χ0) is 12.5. The molecule has 1 saturated carbocycles. The van der Waals surface area contributed by atoms with Gasteiger partial charge in [0, 0.05) is 43.8 Å². The second kappa shape index (κ2) is 4.90. The third-order valence-electron chi connectivity index (χ3n) is 3.75. The van der Waals surface area contributed by atoms with Crippen LogP contribution in [0.1, 0.15) is 22.5 Å². The average molecular weight is 266 g/mol. The Balaban J connectivity index is 1.55. The monoisotopic (exact) mass is 266 g/mol. The Morgan fingerprint density at radius 3 is 2.61 bits per heavy atom. The van der Waals surface area contributed by atoms with E-state index in [1.165, 1.54) is 30.7 Å². The summed E-state index contributed by atoms with van der Waals surface area (Å²) in [6.45, 7) is 5.51. The van der Waals surface area contributed by atoms with Crippen LogP contribution in [0.2, 0.25) is 0 Å². The topological polar surface area (TPSA) is 43.8 Å². The number of piperazine rings is 1. The summed E-state index contributed by atoms with van der Waals surface area (Å²) in [4.78, 5) is 16.1. The number of hydrogen-bond acceptors (Lipinski definition) is 4. The number of hydrogen-bond donors (Lipinski definition) is 1. The molecule has 0 aromatic carbocycles. The van der Waals surface area contributed by atoms with Gasteiger partial charge >= 0.3 is 5.97 Å². The Labute approximate surface area is 111 Å². The molecule has 5 heteroatoms. The second-order valence-corrected chi connectivity index (χ2v) is 6.12. The Morgan fingerprint density at radius 2 is 2.06 bits per heavy atom. The highest BCUT2D eigenvalue weighted by atomic mass is 32.1. The Hall–Kier alpha value is -1.07. The highest BCUT2D eigenvalue weighted by Gasteiger charge is 2.26. The number of carboxylic acid groups (broad SMARTS) is 1. The van der Waals surface area contributed by atoms with E-state index in [0.717, 1.165) is 37.8 Å². The van der Waals surface area contributed by atoms with Crippen molar-refractivity contribution in [1.82, 2.24) is 4.90 Å². The number of carboxylic acids is 1. The molecule has 98 valence electrons. The number of thiophene rings is 1. The molecule has 1 aromatic heterocycles. The lowest BCUT2D eigenvalue weighted by atomic mass is 10.2. The maximum absolute atomic E-state index is 10.9. The molecule has 4 nitrogen and oxygen atoms in total. The van der Waals surface area contributed by atoms with Gasteiger partial charge in [-0.2, -0.15) is 0 Å². The van der Waals surface area contributed by atoms with E-state index in [4.69, 9.17) is 5.11 Å². The fourth-order valence-corrected chi connectivity index (χ4v) is 3.21. The lowest BCUT2D eigenvalue weighted by molar-refractivity contribution is 0.0702. The lowest BCUT2D eigenvalue weighted by Crippen LogP contribution is -2.46. The molecular weight excluding hydrogens is 248 g/mol. The average Bonchev–Trinajstić information content (AvgIpc) is 3.04. The molecule has 0 bridgehead atoms. The minimum atomic E-state index is -0.821. The van der Waals surface area contributed by atoms with Crippen molar-refractivity contribution < 1.29 is 9.90 Å². The van der Waals surface area contributed by atoms with Gasteiger partial charge < -0.3 is 10.0 Å². The summed E-state index contributed by atoms with van der Waals surface area (Å²) in [5.41, 5.74) is 1.07. The largest absolute Gasteiger partial charge is 0.477 e. The number of rotatable bonds is 4. The van der Waals surface area contributed by atoms with Crippen molar-refractivity contribution in [3.63, 3.8) is 0 Å². The van der Waals surface area contributed by atoms with Crippen LogP contribution in [0, 0.1) is 5.92 Å². The van der Waals surface area contributed by atoms with Crippen LogP contribution >= 0.6 is 11.3 Å². The predicted molar refractivity (Wildman–Crippen MR) is 72.7 cm³/mol. The van der Waals surface area contributed by atoms with Gasteiger partial charge in [-0.15, -0.1) is 11.3 Å². The number of nitrogens with zero attached hydrogens (tertiary/aromatic N) is 2.